The van der Waals surface area contributed by atoms with E-state index in [0.29, 0.717) is 18.0 Å². The molecule has 0 radical (unpaired) electrons. The summed E-state index contributed by atoms with van der Waals surface area (Å²) in [6, 6.07) is 14.0. The van der Waals surface area contributed by atoms with Crippen molar-refractivity contribution in [2.24, 2.45) is 0 Å². The SMILES string of the molecule is CCCCCCCCCC(=O)N(CC[N+](C)(C)C)Cc1ccc(OC)c(-c2ccc(Cl)cc2)c1.[I-]. The average molecular weight is 615 g/mol. The van der Waals surface area contributed by atoms with E-state index in [1.165, 1.54) is 32.1 Å². The number of nitrogens with zero attached hydrogens (tertiary/aromatic N) is 2. The van der Waals surface area contributed by atoms with Gasteiger partial charge in [-0.15, -0.1) is 0 Å². The van der Waals surface area contributed by atoms with Crippen molar-refractivity contribution in [3.8, 4) is 16.9 Å². The maximum absolute atomic E-state index is 13.2. The quantitative estimate of drug-likeness (QED) is 0.171. The third kappa shape index (κ3) is 12.0. The van der Waals surface area contributed by atoms with Gasteiger partial charge in [0.15, 0.2) is 0 Å². The molecule has 35 heavy (non-hydrogen) atoms. The van der Waals surface area contributed by atoms with Crippen LogP contribution >= 0.6 is 11.6 Å². The van der Waals surface area contributed by atoms with Crippen LogP contribution in [0, 0.1) is 0 Å². The molecule has 0 atom stereocenters. The summed E-state index contributed by atoms with van der Waals surface area (Å²) in [5.41, 5.74) is 3.18. The van der Waals surface area contributed by atoms with Gasteiger partial charge < -0.3 is 38.1 Å². The maximum atomic E-state index is 13.2. The minimum Gasteiger partial charge on any atom is -1.00 e. The molecular weight excluding hydrogens is 571 g/mol. The summed E-state index contributed by atoms with van der Waals surface area (Å²) in [5.74, 6) is 1.07. The molecule has 2 aromatic rings. The highest BCUT2D eigenvalue weighted by Crippen LogP contribution is 2.32. The Kier molecular flexibility index (Phi) is 14.9. The highest BCUT2D eigenvalue weighted by Gasteiger charge is 2.18. The average Bonchev–Trinajstić information content (AvgIpc) is 2.80. The fourth-order valence-electron chi connectivity index (χ4n) is 4.03. The van der Waals surface area contributed by atoms with Gasteiger partial charge in [0.2, 0.25) is 5.91 Å². The van der Waals surface area contributed by atoms with Gasteiger partial charge in [0.25, 0.3) is 0 Å². The number of ether oxygens (including phenoxy) is 1. The summed E-state index contributed by atoms with van der Waals surface area (Å²) in [7, 11) is 8.20. The van der Waals surface area contributed by atoms with Crippen molar-refractivity contribution in [1.29, 1.82) is 0 Å². The van der Waals surface area contributed by atoms with E-state index in [1.54, 1.807) is 7.11 Å². The van der Waals surface area contributed by atoms with Crippen LogP contribution in [0.5, 0.6) is 5.75 Å². The maximum Gasteiger partial charge on any atom is 0.223 e. The Morgan fingerprint density at radius 2 is 1.57 bits per heavy atom. The number of methoxy groups -OCH3 is 1. The van der Waals surface area contributed by atoms with Gasteiger partial charge in [0.1, 0.15) is 5.75 Å². The van der Waals surface area contributed by atoms with Crippen LogP contribution in [0.3, 0.4) is 0 Å². The van der Waals surface area contributed by atoms with Gasteiger partial charge in [-0.05, 0) is 41.8 Å². The van der Waals surface area contributed by atoms with Gasteiger partial charge in [-0.1, -0.05) is 75.2 Å². The number of hydrogen-bond acceptors (Lipinski definition) is 2. The summed E-state index contributed by atoms with van der Waals surface area (Å²) in [6.07, 6.45) is 9.16. The summed E-state index contributed by atoms with van der Waals surface area (Å²) < 4.78 is 6.45. The molecule has 1 amide bonds. The normalized spacial score (nSPS) is 11.1. The zero-order valence-electron chi connectivity index (χ0n) is 22.3. The monoisotopic (exact) mass is 614 g/mol. The lowest BCUT2D eigenvalue weighted by Crippen LogP contribution is -3.00. The second-order valence-corrected chi connectivity index (χ2v) is 10.7. The molecule has 0 saturated carbocycles. The van der Waals surface area contributed by atoms with Crippen LogP contribution in [-0.4, -0.2) is 56.6 Å². The second kappa shape index (κ2) is 16.4. The van der Waals surface area contributed by atoms with Gasteiger partial charge in [-0.25, -0.2) is 0 Å². The van der Waals surface area contributed by atoms with E-state index in [0.717, 1.165) is 52.9 Å². The molecule has 0 bridgehead atoms. The standard InChI is InChI=1S/C29H44ClN2O2.HI/c1-6-7-8-9-10-11-12-13-29(33)31(20-21-32(2,3)4)23-24-14-19-28(34-5)27(22-24)25-15-17-26(30)18-16-25;/h14-19,22H,6-13,20-21,23H2,1-5H3;1H/q+1;/p-1. The van der Waals surface area contributed by atoms with E-state index in [-0.39, 0.29) is 29.9 Å². The molecule has 196 valence electrons. The third-order valence-electron chi connectivity index (χ3n) is 6.18. The number of likely N-dealkylation sites (N-methyl/N-ethyl adjacent to an activating group) is 1. The van der Waals surface area contributed by atoms with E-state index in [2.05, 4.69) is 40.2 Å². The molecule has 0 saturated heterocycles. The van der Waals surface area contributed by atoms with E-state index in [1.807, 2.05) is 35.2 Å². The Morgan fingerprint density at radius 3 is 2.17 bits per heavy atom. The number of quaternary nitrogens is 1. The molecule has 0 heterocycles. The number of amides is 1. The Labute approximate surface area is 235 Å². The van der Waals surface area contributed by atoms with Gasteiger partial charge in [-0.3, -0.25) is 4.79 Å². The van der Waals surface area contributed by atoms with Gasteiger partial charge >= 0.3 is 0 Å². The summed E-state index contributed by atoms with van der Waals surface area (Å²) >= 11 is 6.09. The first-order valence-electron chi connectivity index (χ1n) is 12.7. The van der Waals surface area contributed by atoms with Crippen molar-refractivity contribution in [3.63, 3.8) is 0 Å². The van der Waals surface area contributed by atoms with Crippen LogP contribution in [0.2, 0.25) is 5.02 Å². The van der Waals surface area contributed by atoms with Gasteiger partial charge in [-0.2, -0.15) is 0 Å². The van der Waals surface area contributed by atoms with Crippen molar-refractivity contribution in [3.05, 3.63) is 53.1 Å². The molecule has 2 rings (SSSR count). The number of hydrogen-bond donors (Lipinski definition) is 0. The molecule has 6 heteroatoms. The van der Waals surface area contributed by atoms with E-state index < -0.39 is 0 Å². The van der Waals surface area contributed by atoms with Crippen LogP contribution in [-0.2, 0) is 11.3 Å². The second-order valence-electron chi connectivity index (χ2n) is 10.2. The van der Waals surface area contributed by atoms with E-state index in [9.17, 15) is 4.79 Å². The lowest BCUT2D eigenvalue weighted by molar-refractivity contribution is -0.869. The molecule has 0 N–H and O–H groups in total. The highest BCUT2D eigenvalue weighted by atomic mass is 127. The zero-order chi connectivity index (χ0) is 25.0. The van der Waals surface area contributed by atoms with Gasteiger partial charge in [0, 0.05) is 23.6 Å². The minimum atomic E-state index is 0. The summed E-state index contributed by atoms with van der Waals surface area (Å²) in [5, 5.41) is 0.710. The predicted octanol–water partition coefficient (Wildman–Crippen LogP) is 4.20. The Bertz CT molecular complexity index is 881. The number of carbonyl (C=O) groups excluding carboxylic acids is 1. The largest absolute Gasteiger partial charge is 1.00 e. The van der Waals surface area contributed by atoms with Crippen molar-refractivity contribution in [1.82, 2.24) is 4.90 Å². The molecule has 4 nitrogen and oxygen atoms in total. The molecule has 0 fully saturated rings. The number of unbranched alkanes of at least 4 members (excludes halogenated alkanes) is 6. The van der Waals surface area contributed by atoms with Crippen molar-refractivity contribution >= 4 is 17.5 Å². The zero-order valence-corrected chi connectivity index (χ0v) is 25.2. The fraction of sp³-hybridized carbons (Fsp3) is 0.552. The third-order valence-corrected chi connectivity index (χ3v) is 6.43. The number of halogens is 2. The van der Waals surface area contributed by atoms with Crippen LogP contribution in [0.4, 0.5) is 0 Å². The molecule has 0 aliphatic rings. The lowest BCUT2D eigenvalue weighted by Gasteiger charge is -2.29. The van der Waals surface area contributed by atoms with Crippen LogP contribution < -0.4 is 28.7 Å². The molecule has 2 aromatic carbocycles. The first kappa shape index (κ1) is 31.7. The molecular formula is C29H44ClIN2O2. The number of benzene rings is 2. The van der Waals surface area contributed by atoms with Crippen molar-refractivity contribution in [2.75, 3.05) is 41.3 Å². The first-order chi connectivity index (χ1) is 16.2. The topological polar surface area (TPSA) is 29.5 Å². The van der Waals surface area contributed by atoms with Crippen LogP contribution in [0.1, 0.15) is 63.9 Å². The smallest absolute Gasteiger partial charge is 0.223 e. The Balaban J connectivity index is 0.00000612. The fourth-order valence-corrected chi connectivity index (χ4v) is 4.16. The van der Waals surface area contributed by atoms with E-state index in [4.69, 9.17) is 16.3 Å². The highest BCUT2D eigenvalue weighted by molar-refractivity contribution is 6.30. The Morgan fingerprint density at radius 1 is 0.943 bits per heavy atom. The molecule has 0 aliphatic heterocycles. The molecule has 0 unspecified atom stereocenters. The van der Waals surface area contributed by atoms with Crippen molar-refractivity contribution < 1.29 is 38.0 Å². The van der Waals surface area contributed by atoms with Crippen LogP contribution in [0.15, 0.2) is 42.5 Å². The molecule has 0 aliphatic carbocycles. The molecule has 0 aromatic heterocycles. The van der Waals surface area contributed by atoms with Gasteiger partial charge in [0.05, 0.1) is 41.3 Å². The summed E-state index contributed by atoms with van der Waals surface area (Å²) in [6.45, 7) is 4.52. The first-order valence-corrected chi connectivity index (χ1v) is 13.1. The number of carbonyl (C=O) groups is 1. The summed E-state index contributed by atoms with van der Waals surface area (Å²) in [4.78, 5) is 15.2. The van der Waals surface area contributed by atoms with E-state index >= 15 is 0 Å². The predicted molar refractivity (Wildman–Crippen MR) is 144 cm³/mol. The van der Waals surface area contributed by atoms with Crippen LogP contribution in [0.25, 0.3) is 11.1 Å². The Hall–Kier alpha value is -1.31. The lowest BCUT2D eigenvalue weighted by atomic mass is 10.0. The number of rotatable bonds is 15. The van der Waals surface area contributed by atoms with Crippen molar-refractivity contribution in [2.45, 2.75) is 64.8 Å². The minimum absolute atomic E-state index is 0. The molecule has 0 spiro atoms.